The average Bonchev–Trinajstić information content (AvgIpc) is 2.19. The van der Waals surface area contributed by atoms with E-state index in [4.69, 9.17) is 0 Å². The number of piperidine rings is 1. The first-order valence-corrected chi connectivity index (χ1v) is 5.85. The Morgan fingerprint density at radius 1 is 1.43 bits per heavy atom. The standard InChI is InChI=1S/C9H17NO.C3H8/c1-8(2)9-4-3-5-10(6-9)7-11;1-3-2/h7-9H,3-6H2,1-2H3;3H2,1-2H3. The van der Waals surface area contributed by atoms with Crippen molar-refractivity contribution in [1.82, 2.24) is 4.90 Å². The Hall–Kier alpha value is -0.530. The number of hydrogen-bond donors (Lipinski definition) is 0. The molecule has 0 radical (unpaired) electrons. The fraction of sp³-hybridized carbons (Fsp3) is 0.917. The van der Waals surface area contributed by atoms with Crippen LogP contribution in [0.2, 0.25) is 0 Å². The van der Waals surface area contributed by atoms with Crippen molar-refractivity contribution in [1.29, 1.82) is 0 Å². The molecule has 0 saturated carbocycles. The number of amides is 1. The molecule has 0 spiro atoms. The highest BCUT2D eigenvalue weighted by Crippen LogP contribution is 2.22. The third-order valence-corrected chi connectivity index (χ3v) is 2.58. The van der Waals surface area contributed by atoms with Gasteiger partial charge in [0.2, 0.25) is 6.41 Å². The van der Waals surface area contributed by atoms with Crippen molar-refractivity contribution in [2.75, 3.05) is 13.1 Å². The zero-order chi connectivity index (χ0) is 11.0. The van der Waals surface area contributed by atoms with Crippen molar-refractivity contribution in [2.45, 2.75) is 47.0 Å². The van der Waals surface area contributed by atoms with Gasteiger partial charge >= 0.3 is 0 Å². The third kappa shape index (κ3) is 5.25. The highest BCUT2D eigenvalue weighted by molar-refractivity contribution is 5.47. The first kappa shape index (κ1) is 13.5. The van der Waals surface area contributed by atoms with Crippen LogP contribution in [0.4, 0.5) is 0 Å². The van der Waals surface area contributed by atoms with E-state index in [0.717, 1.165) is 31.3 Å². The lowest BCUT2D eigenvalue weighted by molar-refractivity contribution is -0.120. The second-order valence-electron chi connectivity index (χ2n) is 4.45. The van der Waals surface area contributed by atoms with Crippen LogP contribution in [0.5, 0.6) is 0 Å². The maximum absolute atomic E-state index is 10.5. The highest BCUT2D eigenvalue weighted by Gasteiger charge is 2.20. The number of hydrogen-bond acceptors (Lipinski definition) is 1. The summed E-state index contributed by atoms with van der Waals surface area (Å²) in [7, 11) is 0. The summed E-state index contributed by atoms with van der Waals surface area (Å²) >= 11 is 0. The first-order chi connectivity index (χ1) is 6.65. The van der Waals surface area contributed by atoms with Gasteiger partial charge in [0, 0.05) is 13.1 Å². The minimum absolute atomic E-state index is 0.720. The number of carbonyl (C=O) groups excluding carboxylic acids is 1. The summed E-state index contributed by atoms with van der Waals surface area (Å²) < 4.78 is 0. The smallest absolute Gasteiger partial charge is 0.209 e. The molecule has 0 aromatic heterocycles. The van der Waals surface area contributed by atoms with Crippen molar-refractivity contribution in [2.24, 2.45) is 11.8 Å². The van der Waals surface area contributed by atoms with Crippen LogP contribution in [0.25, 0.3) is 0 Å². The van der Waals surface area contributed by atoms with Gasteiger partial charge in [-0.05, 0) is 24.7 Å². The molecule has 2 nitrogen and oxygen atoms in total. The molecule has 1 aliphatic rings. The SMILES string of the molecule is CC(C)C1CCCN(C=O)C1.CCC. The van der Waals surface area contributed by atoms with Crippen molar-refractivity contribution in [3.05, 3.63) is 0 Å². The van der Waals surface area contributed by atoms with Gasteiger partial charge in [-0.3, -0.25) is 4.79 Å². The van der Waals surface area contributed by atoms with E-state index < -0.39 is 0 Å². The van der Waals surface area contributed by atoms with Crippen molar-refractivity contribution < 1.29 is 4.79 Å². The summed E-state index contributed by atoms with van der Waals surface area (Å²) in [6.45, 7) is 10.7. The topological polar surface area (TPSA) is 20.3 Å². The molecule has 0 aromatic carbocycles. The van der Waals surface area contributed by atoms with Gasteiger partial charge in [-0.25, -0.2) is 0 Å². The predicted molar refractivity (Wildman–Crippen MR) is 61.2 cm³/mol. The molecule has 1 amide bonds. The second kappa shape index (κ2) is 7.84. The molecule has 14 heavy (non-hydrogen) atoms. The van der Waals surface area contributed by atoms with E-state index in [1.54, 1.807) is 0 Å². The van der Waals surface area contributed by atoms with Gasteiger partial charge in [-0.15, -0.1) is 0 Å². The van der Waals surface area contributed by atoms with E-state index in [2.05, 4.69) is 27.7 Å². The molecular formula is C12H25NO. The minimum Gasteiger partial charge on any atom is -0.345 e. The summed E-state index contributed by atoms with van der Waals surface area (Å²) in [5.74, 6) is 1.45. The monoisotopic (exact) mass is 199 g/mol. The molecule has 0 aromatic rings. The van der Waals surface area contributed by atoms with E-state index in [0.29, 0.717) is 0 Å². The van der Waals surface area contributed by atoms with Gasteiger partial charge in [-0.2, -0.15) is 0 Å². The van der Waals surface area contributed by atoms with Crippen molar-refractivity contribution >= 4 is 6.41 Å². The Bertz CT molecular complexity index is 145. The maximum atomic E-state index is 10.5. The van der Waals surface area contributed by atoms with E-state index >= 15 is 0 Å². The Labute approximate surface area is 88.7 Å². The van der Waals surface area contributed by atoms with Crippen LogP contribution in [-0.4, -0.2) is 24.4 Å². The number of likely N-dealkylation sites (tertiary alicyclic amines) is 1. The maximum Gasteiger partial charge on any atom is 0.209 e. The molecular weight excluding hydrogens is 174 g/mol. The van der Waals surface area contributed by atoms with Gasteiger partial charge in [0.25, 0.3) is 0 Å². The molecule has 1 fully saturated rings. The molecule has 1 aliphatic heterocycles. The summed E-state index contributed by atoms with van der Waals surface area (Å²) in [4.78, 5) is 12.4. The van der Waals surface area contributed by atoms with Gasteiger partial charge < -0.3 is 4.90 Å². The second-order valence-corrected chi connectivity index (χ2v) is 4.45. The first-order valence-electron chi connectivity index (χ1n) is 5.85. The Morgan fingerprint density at radius 3 is 2.43 bits per heavy atom. The zero-order valence-corrected chi connectivity index (χ0v) is 10.1. The fourth-order valence-electron chi connectivity index (χ4n) is 1.68. The molecule has 1 unspecified atom stereocenters. The van der Waals surface area contributed by atoms with Crippen LogP contribution in [-0.2, 0) is 4.79 Å². The third-order valence-electron chi connectivity index (χ3n) is 2.58. The van der Waals surface area contributed by atoms with Gasteiger partial charge in [0.15, 0.2) is 0 Å². The quantitative estimate of drug-likeness (QED) is 0.626. The lowest BCUT2D eigenvalue weighted by Gasteiger charge is -2.32. The molecule has 0 bridgehead atoms. The molecule has 2 heteroatoms. The van der Waals surface area contributed by atoms with E-state index in [1.807, 2.05) is 4.90 Å². The van der Waals surface area contributed by atoms with E-state index in [1.165, 1.54) is 19.3 Å². The molecule has 1 heterocycles. The summed E-state index contributed by atoms with van der Waals surface area (Å²) in [6.07, 6.45) is 4.71. The highest BCUT2D eigenvalue weighted by atomic mass is 16.1. The van der Waals surface area contributed by atoms with Crippen LogP contribution in [0.1, 0.15) is 47.0 Å². The summed E-state index contributed by atoms with van der Waals surface area (Å²) in [5, 5.41) is 0. The minimum atomic E-state index is 0.720. The van der Waals surface area contributed by atoms with Crippen molar-refractivity contribution in [3.8, 4) is 0 Å². The molecule has 1 saturated heterocycles. The number of nitrogens with zero attached hydrogens (tertiary/aromatic N) is 1. The average molecular weight is 199 g/mol. The van der Waals surface area contributed by atoms with Gasteiger partial charge in [-0.1, -0.05) is 34.1 Å². The van der Waals surface area contributed by atoms with Crippen LogP contribution < -0.4 is 0 Å². The molecule has 1 rings (SSSR count). The lowest BCUT2D eigenvalue weighted by atomic mass is 9.88. The lowest BCUT2D eigenvalue weighted by Crippen LogP contribution is -2.36. The molecule has 0 aliphatic carbocycles. The Kier molecular flexibility index (Phi) is 7.54. The fourth-order valence-corrected chi connectivity index (χ4v) is 1.68. The van der Waals surface area contributed by atoms with E-state index in [9.17, 15) is 4.79 Å². The van der Waals surface area contributed by atoms with Gasteiger partial charge in [0.1, 0.15) is 0 Å². The zero-order valence-electron chi connectivity index (χ0n) is 10.1. The Morgan fingerprint density at radius 2 is 2.00 bits per heavy atom. The van der Waals surface area contributed by atoms with Crippen LogP contribution in [0.15, 0.2) is 0 Å². The summed E-state index contributed by atoms with van der Waals surface area (Å²) in [5.41, 5.74) is 0. The van der Waals surface area contributed by atoms with Crippen molar-refractivity contribution in [3.63, 3.8) is 0 Å². The molecule has 1 atom stereocenters. The van der Waals surface area contributed by atoms with Crippen LogP contribution >= 0.6 is 0 Å². The largest absolute Gasteiger partial charge is 0.345 e. The predicted octanol–water partition coefficient (Wildman–Crippen LogP) is 2.93. The Balaban J connectivity index is 0.000000500. The number of rotatable bonds is 2. The molecule has 84 valence electrons. The summed E-state index contributed by atoms with van der Waals surface area (Å²) in [6, 6.07) is 0. The van der Waals surface area contributed by atoms with Gasteiger partial charge in [0.05, 0.1) is 0 Å². The van der Waals surface area contributed by atoms with Crippen LogP contribution in [0, 0.1) is 11.8 Å². The molecule has 0 N–H and O–H groups in total. The van der Waals surface area contributed by atoms with Crippen LogP contribution in [0.3, 0.4) is 0 Å². The van der Waals surface area contributed by atoms with E-state index in [-0.39, 0.29) is 0 Å². The normalized spacial score (nSPS) is 21.5. The number of carbonyl (C=O) groups is 1.